The number of likely N-dealkylation sites (tertiary alicyclic amines) is 1. The summed E-state index contributed by atoms with van der Waals surface area (Å²) in [7, 11) is -3.00. The number of rotatable bonds is 3. The first kappa shape index (κ1) is 20.3. The molecule has 162 valence electrons. The molecule has 0 radical (unpaired) electrons. The molecule has 0 N–H and O–H groups in total. The molecule has 0 saturated carbocycles. The molecule has 0 aromatic heterocycles. The summed E-state index contributed by atoms with van der Waals surface area (Å²) < 4.78 is 19.5. The first-order chi connectivity index (χ1) is 14.5. The van der Waals surface area contributed by atoms with E-state index in [4.69, 9.17) is 5.10 Å². The maximum absolute atomic E-state index is 15.2. The van der Waals surface area contributed by atoms with Crippen LogP contribution in [0.4, 0.5) is 5.69 Å². The fraction of sp³-hybridized carbons (Fsp3) is 0.625. The number of nitrogens with zero attached hydrogens (tertiary/aromatic N) is 4. The number of hydrogen-bond donors (Lipinski definition) is 0. The van der Waals surface area contributed by atoms with Crippen molar-refractivity contribution in [3.63, 3.8) is 0 Å². The van der Waals surface area contributed by atoms with Gasteiger partial charge in [-0.25, -0.2) is 4.67 Å². The van der Waals surface area contributed by atoms with E-state index < -0.39 is 7.44 Å². The molecule has 0 unspecified atom stereocenters. The smallest absolute Gasteiger partial charge is 0.292 e. The Morgan fingerprint density at radius 2 is 1.50 bits per heavy atom. The number of hydrogen-bond acceptors (Lipinski definition) is 3. The Labute approximate surface area is 181 Å². The number of allylic oxidation sites excluding steroid dienone is 2. The summed E-state index contributed by atoms with van der Waals surface area (Å²) in [4.78, 5) is 2.53. The number of para-hydroxylation sites is 1. The van der Waals surface area contributed by atoms with E-state index in [9.17, 15) is 0 Å². The summed E-state index contributed by atoms with van der Waals surface area (Å²) in [5, 5.41) is 6.21. The van der Waals surface area contributed by atoms with Gasteiger partial charge in [0.2, 0.25) is 0 Å². The molecular weight excluding hydrogens is 391 g/mol. The molecule has 5 nitrogen and oxygen atoms in total. The first-order valence-corrected chi connectivity index (χ1v) is 13.4. The van der Waals surface area contributed by atoms with Crippen LogP contribution < -0.4 is 4.78 Å². The minimum absolute atomic E-state index is 0.149. The molecule has 1 aromatic rings. The summed E-state index contributed by atoms with van der Waals surface area (Å²) in [6.45, 7) is 8.67. The monoisotopic (exact) mass is 426 g/mol. The molecular formula is C24H35N4OP. The summed E-state index contributed by atoms with van der Waals surface area (Å²) >= 11 is 0. The first-order valence-electron chi connectivity index (χ1n) is 11.8. The normalized spacial score (nSPS) is 29.7. The third-order valence-electron chi connectivity index (χ3n) is 7.04. The van der Waals surface area contributed by atoms with Crippen LogP contribution in [0.5, 0.6) is 0 Å². The maximum atomic E-state index is 15.2. The summed E-state index contributed by atoms with van der Waals surface area (Å²) in [5.41, 5.74) is 3.51. The second kappa shape index (κ2) is 7.84. The van der Waals surface area contributed by atoms with Crippen molar-refractivity contribution in [2.24, 2.45) is 10.5 Å². The van der Waals surface area contributed by atoms with Gasteiger partial charge in [-0.2, -0.15) is 9.88 Å². The Bertz CT molecular complexity index is 893. The summed E-state index contributed by atoms with van der Waals surface area (Å²) in [5.74, 6) is 0. The lowest BCUT2D eigenvalue weighted by molar-refractivity contribution is 0.303. The number of anilines is 1. The van der Waals surface area contributed by atoms with Crippen molar-refractivity contribution in [1.29, 1.82) is 0 Å². The number of hydrazone groups is 1. The maximum Gasteiger partial charge on any atom is 0.292 e. The molecule has 1 aromatic carbocycles. The average molecular weight is 427 g/mol. The van der Waals surface area contributed by atoms with Crippen molar-refractivity contribution in [2.45, 2.75) is 65.2 Å². The second-order valence-corrected chi connectivity index (χ2v) is 12.6. The van der Waals surface area contributed by atoms with Crippen molar-refractivity contribution in [3.05, 3.63) is 41.3 Å². The quantitative estimate of drug-likeness (QED) is 0.551. The third-order valence-corrected chi connectivity index (χ3v) is 10.1. The molecule has 2 saturated heterocycles. The van der Waals surface area contributed by atoms with Gasteiger partial charge in [0, 0.05) is 31.9 Å². The van der Waals surface area contributed by atoms with Gasteiger partial charge >= 0.3 is 0 Å². The van der Waals surface area contributed by atoms with E-state index in [1.54, 1.807) is 0 Å². The van der Waals surface area contributed by atoms with Crippen molar-refractivity contribution >= 4 is 18.8 Å². The van der Waals surface area contributed by atoms with E-state index in [-0.39, 0.29) is 5.41 Å². The third kappa shape index (κ3) is 3.44. The lowest BCUT2D eigenvalue weighted by atomic mass is 9.78. The van der Waals surface area contributed by atoms with Gasteiger partial charge < -0.3 is 4.90 Å². The van der Waals surface area contributed by atoms with E-state index in [0.29, 0.717) is 0 Å². The van der Waals surface area contributed by atoms with Crippen LogP contribution in [0.3, 0.4) is 0 Å². The molecule has 0 bridgehead atoms. The van der Waals surface area contributed by atoms with Crippen LogP contribution in [-0.4, -0.2) is 41.5 Å². The average Bonchev–Trinajstić information content (AvgIpc) is 3.26. The van der Waals surface area contributed by atoms with Gasteiger partial charge in [0.15, 0.2) is 0 Å². The molecule has 1 aliphatic carbocycles. The topological polar surface area (TPSA) is 39.2 Å². The Hall–Kier alpha value is -1.58. The molecule has 5 rings (SSSR count). The van der Waals surface area contributed by atoms with Crippen LogP contribution in [-0.2, 0) is 4.57 Å². The minimum Gasteiger partial charge on any atom is -0.374 e. The highest BCUT2D eigenvalue weighted by Crippen LogP contribution is 2.69. The Morgan fingerprint density at radius 3 is 2.17 bits per heavy atom. The highest BCUT2D eigenvalue weighted by molar-refractivity contribution is 7.69. The lowest BCUT2D eigenvalue weighted by Crippen LogP contribution is -2.35. The van der Waals surface area contributed by atoms with Crippen molar-refractivity contribution in [1.82, 2.24) is 9.57 Å². The van der Waals surface area contributed by atoms with Gasteiger partial charge in [-0.3, -0.25) is 4.57 Å². The SMILES string of the molecule is CC1(C)CC2=NN(c3ccccc3)[P@](=O)(N3CCCCCC3)C2=C(N2CCCC2)C1. The fourth-order valence-corrected chi connectivity index (χ4v) is 8.83. The minimum atomic E-state index is -3.00. The molecule has 3 aliphatic heterocycles. The van der Waals surface area contributed by atoms with E-state index in [1.807, 2.05) is 23.0 Å². The van der Waals surface area contributed by atoms with Crippen LogP contribution in [0.15, 0.2) is 46.4 Å². The van der Waals surface area contributed by atoms with Crippen molar-refractivity contribution < 1.29 is 4.57 Å². The van der Waals surface area contributed by atoms with E-state index in [2.05, 4.69) is 35.6 Å². The zero-order valence-electron chi connectivity index (χ0n) is 18.5. The van der Waals surface area contributed by atoms with Gasteiger partial charge in [-0.05, 0) is 56.1 Å². The lowest BCUT2D eigenvalue weighted by Gasteiger charge is -2.40. The van der Waals surface area contributed by atoms with Gasteiger partial charge in [-0.15, -0.1) is 0 Å². The summed E-state index contributed by atoms with van der Waals surface area (Å²) in [6, 6.07) is 10.2. The Balaban J connectivity index is 1.69. The van der Waals surface area contributed by atoms with Crippen molar-refractivity contribution in [2.75, 3.05) is 31.0 Å². The van der Waals surface area contributed by atoms with Crippen molar-refractivity contribution in [3.8, 4) is 0 Å². The molecule has 0 spiro atoms. The van der Waals surface area contributed by atoms with Crippen LogP contribution in [0.2, 0.25) is 0 Å². The highest BCUT2D eigenvalue weighted by Gasteiger charge is 2.53. The van der Waals surface area contributed by atoms with E-state index in [1.165, 1.54) is 31.4 Å². The molecule has 3 heterocycles. The zero-order valence-corrected chi connectivity index (χ0v) is 19.4. The molecule has 0 amide bonds. The van der Waals surface area contributed by atoms with E-state index in [0.717, 1.165) is 68.6 Å². The largest absolute Gasteiger partial charge is 0.374 e. The summed E-state index contributed by atoms with van der Waals surface area (Å²) in [6.07, 6.45) is 9.10. The Kier molecular flexibility index (Phi) is 5.31. The van der Waals surface area contributed by atoms with E-state index >= 15 is 4.57 Å². The molecule has 1 atom stereocenters. The standard InChI is InChI=1S/C24H35N4OP/c1-24(2)18-21-23(22(19-24)26-14-10-11-15-26)30(29,27-16-8-3-4-9-17-27)28(25-21)20-12-6-5-7-13-20/h5-7,12-13H,3-4,8-11,14-19H2,1-2H3/t30-/m1/s1. The number of benzene rings is 1. The predicted octanol–water partition coefficient (Wildman–Crippen LogP) is 6.06. The van der Waals surface area contributed by atoms with Crippen LogP contribution >= 0.6 is 7.44 Å². The zero-order chi connectivity index (χ0) is 20.8. The molecule has 6 heteroatoms. The predicted molar refractivity (Wildman–Crippen MR) is 125 cm³/mol. The van der Waals surface area contributed by atoms with Gasteiger partial charge in [0.1, 0.15) is 0 Å². The van der Waals surface area contributed by atoms with Gasteiger partial charge in [0.05, 0.1) is 16.7 Å². The molecule has 4 aliphatic rings. The van der Waals surface area contributed by atoms with Crippen LogP contribution in [0, 0.1) is 5.41 Å². The Morgan fingerprint density at radius 1 is 0.867 bits per heavy atom. The van der Waals surface area contributed by atoms with Gasteiger partial charge in [0.25, 0.3) is 7.44 Å². The highest BCUT2D eigenvalue weighted by atomic mass is 31.2. The second-order valence-electron chi connectivity index (χ2n) is 10.1. The molecule has 2 fully saturated rings. The van der Waals surface area contributed by atoms with Crippen LogP contribution in [0.1, 0.15) is 65.2 Å². The fourth-order valence-electron chi connectivity index (χ4n) is 5.60. The molecule has 30 heavy (non-hydrogen) atoms. The van der Waals surface area contributed by atoms with Gasteiger partial charge in [-0.1, -0.05) is 44.9 Å². The number of fused-ring (bicyclic) bond motifs is 1. The van der Waals surface area contributed by atoms with Crippen LogP contribution in [0.25, 0.3) is 0 Å².